The van der Waals surface area contributed by atoms with Crippen molar-refractivity contribution in [2.75, 3.05) is 5.32 Å². The van der Waals surface area contributed by atoms with Gasteiger partial charge in [0.2, 0.25) is 0 Å². The molecule has 0 aliphatic heterocycles. The van der Waals surface area contributed by atoms with Crippen LogP contribution in [-0.2, 0) is 0 Å². The summed E-state index contributed by atoms with van der Waals surface area (Å²) in [6.07, 6.45) is 3.20. The molecule has 0 amide bonds. The molecule has 6 heteroatoms. The Balaban J connectivity index is 2.05. The van der Waals surface area contributed by atoms with Crippen molar-refractivity contribution < 1.29 is 0 Å². The number of pyridine rings is 1. The third-order valence-electron chi connectivity index (χ3n) is 2.56. The highest BCUT2D eigenvalue weighted by Crippen LogP contribution is 2.24. The maximum absolute atomic E-state index is 5.86. The van der Waals surface area contributed by atoms with Gasteiger partial charge in [0.25, 0.3) is 0 Å². The van der Waals surface area contributed by atoms with E-state index in [4.69, 9.17) is 11.6 Å². The summed E-state index contributed by atoms with van der Waals surface area (Å²) in [6, 6.07) is 9.35. The van der Waals surface area contributed by atoms with Crippen LogP contribution in [0, 0.1) is 0 Å². The van der Waals surface area contributed by atoms with E-state index >= 15 is 0 Å². The van der Waals surface area contributed by atoms with E-state index in [2.05, 4.69) is 36.2 Å². The van der Waals surface area contributed by atoms with Gasteiger partial charge in [0.1, 0.15) is 12.1 Å². The van der Waals surface area contributed by atoms with Gasteiger partial charge >= 0.3 is 0 Å². The standard InChI is InChI=1S/C13H8BrClN4/c14-8-5-11-12(16-6-8)17-7-18-13(11)19-10-3-1-9(15)2-4-10/h1-7H,(H,16,17,18,19). The van der Waals surface area contributed by atoms with E-state index in [1.54, 1.807) is 6.20 Å². The van der Waals surface area contributed by atoms with E-state index in [1.165, 1.54) is 6.33 Å². The molecule has 0 saturated carbocycles. The fourth-order valence-corrected chi connectivity index (χ4v) is 2.15. The Morgan fingerprint density at radius 1 is 1.05 bits per heavy atom. The smallest absolute Gasteiger partial charge is 0.164 e. The van der Waals surface area contributed by atoms with Crippen LogP contribution >= 0.6 is 27.5 Å². The summed E-state index contributed by atoms with van der Waals surface area (Å²) in [6.45, 7) is 0. The minimum atomic E-state index is 0.648. The van der Waals surface area contributed by atoms with E-state index in [0.717, 1.165) is 15.5 Å². The second-order valence-corrected chi connectivity index (χ2v) is 5.23. The summed E-state index contributed by atoms with van der Waals surface area (Å²) in [7, 11) is 0. The number of fused-ring (bicyclic) bond motifs is 1. The van der Waals surface area contributed by atoms with Crippen LogP contribution in [0.1, 0.15) is 0 Å². The van der Waals surface area contributed by atoms with Crippen LogP contribution in [-0.4, -0.2) is 15.0 Å². The third-order valence-corrected chi connectivity index (χ3v) is 3.25. The average molecular weight is 336 g/mol. The molecule has 3 aromatic rings. The Kier molecular flexibility index (Phi) is 3.31. The lowest BCUT2D eigenvalue weighted by Crippen LogP contribution is -1.96. The van der Waals surface area contributed by atoms with Crippen molar-refractivity contribution >= 4 is 50.1 Å². The first kappa shape index (κ1) is 12.3. The molecule has 0 saturated heterocycles. The van der Waals surface area contributed by atoms with Crippen molar-refractivity contribution in [2.45, 2.75) is 0 Å². The van der Waals surface area contributed by atoms with Gasteiger partial charge in [-0.15, -0.1) is 0 Å². The Bertz CT molecular complexity index is 730. The minimum Gasteiger partial charge on any atom is -0.340 e. The lowest BCUT2D eigenvalue weighted by molar-refractivity contribution is 1.18. The van der Waals surface area contributed by atoms with Gasteiger partial charge in [-0.05, 0) is 46.3 Å². The predicted molar refractivity (Wildman–Crippen MR) is 79.8 cm³/mol. The maximum Gasteiger partial charge on any atom is 0.164 e. The van der Waals surface area contributed by atoms with E-state index < -0.39 is 0 Å². The Labute approximate surface area is 123 Å². The van der Waals surface area contributed by atoms with Crippen LogP contribution in [0.4, 0.5) is 11.5 Å². The summed E-state index contributed by atoms with van der Waals surface area (Å²) in [5, 5.41) is 4.78. The van der Waals surface area contributed by atoms with E-state index in [-0.39, 0.29) is 0 Å². The molecule has 0 fully saturated rings. The maximum atomic E-state index is 5.86. The number of nitrogens with zero attached hydrogens (tertiary/aromatic N) is 3. The zero-order valence-electron chi connectivity index (χ0n) is 9.64. The van der Waals surface area contributed by atoms with Crippen molar-refractivity contribution in [2.24, 2.45) is 0 Å². The number of anilines is 2. The first-order chi connectivity index (χ1) is 9.22. The largest absolute Gasteiger partial charge is 0.340 e. The molecule has 2 heterocycles. The van der Waals surface area contributed by atoms with Crippen LogP contribution in [0.25, 0.3) is 11.0 Å². The van der Waals surface area contributed by atoms with Gasteiger partial charge in [0, 0.05) is 21.4 Å². The van der Waals surface area contributed by atoms with Gasteiger partial charge in [0.15, 0.2) is 5.65 Å². The Hall–Kier alpha value is -1.72. The normalized spacial score (nSPS) is 10.6. The van der Waals surface area contributed by atoms with Gasteiger partial charge in [-0.1, -0.05) is 11.6 Å². The van der Waals surface area contributed by atoms with Gasteiger partial charge in [0.05, 0.1) is 5.39 Å². The summed E-state index contributed by atoms with van der Waals surface area (Å²) < 4.78 is 0.883. The van der Waals surface area contributed by atoms with E-state index in [9.17, 15) is 0 Å². The van der Waals surface area contributed by atoms with Crippen LogP contribution in [0.3, 0.4) is 0 Å². The predicted octanol–water partition coefficient (Wildman–Crippen LogP) is 4.18. The van der Waals surface area contributed by atoms with Crippen molar-refractivity contribution in [1.82, 2.24) is 15.0 Å². The molecular weight excluding hydrogens is 328 g/mol. The Morgan fingerprint density at radius 2 is 1.84 bits per heavy atom. The molecule has 0 atom stereocenters. The summed E-state index contributed by atoms with van der Waals surface area (Å²) in [4.78, 5) is 12.6. The SMILES string of the molecule is Clc1ccc(Nc2ncnc3ncc(Br)cc23)cc1. The molecule has 0 aliphatic carbocycles. The number of benzene rings is 1. The number of hydrogen-bond acceptors (Lipinski definition) is 4. The minimum absolute atomic E-state index is 0.648. The molecule has 19 heavy (non-hydrogen) atoms. The first-order valence-electron chi connectivity index (χ1n) is 5.51. The fourth-order valence-electron chi connectivity index (χ4n) is 1.69. The van der Waals surface area contributed by atoms with Gasteiger partial charge in [-0.3, -0.25) is 0 Å². The van der Waals surface area contributed by atoms with E-state index in [0.29, 0.717) is 16.5 Å². The quantitative estimate of drug-likeness (QED) is 0.763. The number of rotatable bonds is 2. The van der Waals surface area contributed by atoms with Gasteiger partial charge in [-0.25, -0.2) is 15.0 Å². The zero-order valence-corrected chi connectivity index (χ0v) is 12.0. The van der Waals surface area contributed by atoms with Crippen LogP contribution in [0.2, 0.25) is 5.02 Å². The molecule has 0 radical (unpaired) electrons. The van der Waals surface area contributed by atoms with Crippen LogP contribution in [0.5, 0.6) is 0 Å². The summed E-state index contributed by atoms with van der Waals surface area (Å²) >= 11 is 9.26. The molecule has 1 N–H and O–H groups in total. The highest BCUT2D eigenvalue weighted by molar-refractivity contribution is 9.10. The molecule has 0 aliphatic rings. The first-order valence-corrected chi connectivity index (χ1v) is 6.68. The molecule has 0 spiro atoms. The summed E-state index contributed by atoms with van der Waals surface area (Å²) in [5.41, 5.74) is 1.55. The zero-order chi connectivity index (χ0) is 13.2. The van der Waals surface area contributed by atoms with Crippen molar-refractivity contribution in [3.63, 3.8) is 0 Å². The second kappa shape index (κ2) is 5.11. The monoisotopic (exact) mass is 334 g/mol. The van der Waals surface area contributed by atoms with Gasteiger partial charge in [-0.2, -0.15) is 0 Å². The van der Waals surface area contributed by atoms with Crippen molar-refractivity contribution in [1.29, 1.82) is 0 Å². The lowest BCUT2D eigenvalue weighted by Gasteiger charge is -2.08. The van der Waals surface area contributed by atoms with Gasteiger partial charge < -0.3 is 5.32 Å². The Morgan fingerprint density at radius 3 is 2.63 bits per heavy atom. The summed E-state index contributed by atoms with van der Waals surface area (Å²) in [5.74, 6) is 0.709. The van der Waals surface area contributed by atoms with Crippen LogP contribution in [0.15, 0.2) is 47.3 Å². The molecule has 0 unspecified atom stereocenters. The van der Waals surface area contributed by atoms with Crippen molar-refractivity contribution in [3.8, 4) is 0 Å². The molecule has 3 rings (SSSR count). The molecule has 2 aromatic heterocycles. The molecule has 4 nitrogen and oxygen atoms in total. The van der Waals surface area contributed by atoms with Crippen molar-refractivity contribution in [3.05, 3.63) is 52.4 Å². The number of halogens is 2. The number of nitrogens with one attached hydrogen (secondary N) is 1. The van der Waals surface area contributed by atoms with E-state index in [1.807, 2.05) is 30.3 Å². The topological polar surface area (TPSA) is 50.7 Å². The molecule has 1 aromatic carbocycles. The fraction of sp³-hybridized carbons (Fsp3) is 0. The lowest BCUT2D eigenvalue weighted by atomic mass is 10.3. The van der Waals surface area contributed by atoms with Crippen LogP contribution < -0.4 is 5.32 Å². The molecule has 94 valence electrons. The average Bonchev–Trinajstić information content (AvgIpc) is 2.42. The molecular formula is C13H8BrClN4. The number of hydrogen-bond donors (Lipinski definition) is 1. The third kappa shape index (κ3) is 2.67. The number of aromatic nitrogens is 3. The highest BCUT2D eigenvalue weighted by Gasteiger charge is 2.05. The second-order valence-electron chi connectivity index (χ2n) is 3.88. The highest BCUT2D eigenvalue weighted by atomic mass is 79.9. The molecule has 0 bridgehead atoms.